The van der Waals surface area contributed by atoms with Crippen LogP contribution in [0.3, 0.4) is 0 Å². The van der Waals surface area contributed by atoms with Gasteiger partial charge in [0.1, 0.15) is 0 Å². The average molecular weight is 249 g/mol. The van der Waals surface area contributed by atoms with E-state index in [1.165, 1.54) is 0 Å². The summed E-state index contributed by atoms with van der Waals surface area (Å²) in [5.41, 5.74) is 0. The van der Waals surface area contributed by atoms with Crippen LogP contribution in [0, 0.1) is 5.92 Å². The highest BCUT2D eigenvalue weighted by atomic mass is 31.2. The number of nitrogens with zero attached hydrogens (tertiary/aromatic N) is 1. The molecule has 1 aliphatic rings. The van der Waals surface area contributed by atoms with Gasteiger partial charge in [-0.1, -0.05) is 0 Å². The number of aliphatic hydroxyl groups is 1. The molecule has 0 spiro atoms. The van der Waals surface area contributed by atoms with Gasteiger partial charge in [0.05, 0.1) is 13.2 Å². The van der Waals surface area contributed by atoms with Crippen molar-refractivity contribution >= 4 is 13.8 Å². The van der Waals surface area contributed by atoms with Crippen LogP contribution in [0.2, 0.25) is 0 Å². The quantitative estimate of drug-likeness (QED) is 0.731. The fourth-order valence-electron chi connectivity index (χ4n) is 1.87. The van der Waals surface area contributed by atoms with Crippen molar-refractivity contribution in [2.45, 2.75) is 32.5 Å². The molecule has 6 heteroatoms. The lowest BCUT2D eigenvalue weighted by atomic mass is 10.0. The van der Waals surface area contributed by atoms with Crippen LogP contribution in [0.5, 0.6) is 0 Å². The van der Waals surface area contributed by atoms with Crippen molar-refractivity contribution in [1.29, 1.82) is 0 Å². The summed E-state index contributed by atoms with van der Waals surface area (Å²) >= 11 is 0. The minimum absolute atomic E-state index is 0.0688. The maximum atomic E-state index is 12.6. The van der Waals surface area contributed by atoms with Crippen LogP contribution in [0.4, 0.5) is 0 Å². The summed E-state index contributed by atoms with van der Waals surface area (Å²) in [5, 5.41) is 8.34. The van der Waals surface area contributed by atoms with E-state index >= 15 is 0 Å². The summed E-state index contributed by atoms with van der Waals surface area (Å²) in [7, 11) is -3.31. The molecule has 5 nitrogen and oxygen atoms in total. The molecule has 2 unspecified atom stereocenters. The molecule has 0 aliphatic carbocycles. The first-order valence-corrected chi connectivity index (χ1v) is 7.12. The lowest BCUT2D eigenvalue weighted by Gasteiger charge is -2.34. The lowest BCUT2D eigenvalue weighted by molar-refractivity contribution is 0.157. The van der Waals surface area contributed by atoms with E-state index in [1.807, 2.05) is 0 Å². The lowest BCUT2D eigenvalue weighted by Crippen LogP contribution is -2.33. The molecular formula is C10H20NO4P. The summed E-state index contributed by atoms with van der Waals surface area (Å²) in [6.45, 7) is 5.80. The first-order valence-electron chi connectivity index (χ1n) is 5.57. The van der Waals surface area contributed by atoms with Crippen molar-refractivity contribution in [2.75, 3.05) is 19.8 Å². The molecule has 0 aromatic carbocycles. The molecular weight excluding hydrogens is 229 g/mol. The van der Waals surface area contributed by atoms with Crippen LogP contribution >= 0.6 is 7.60 Å². The SMILES string of the molecule is CCOP(=O)(OCC)C1(C)N=CCC1CO. The molecule has 0 radical (unpaired) electrons. The molecule has 0 amide bonds. The molecule has 0 fully saturated rings. The second-order valence-electron chi connectivity index (χ2n) is 3.85. The molecule has 0 aromatic rings. The van der Waals surface area contributed by atoms with Crippen LogP contribution < -0.4 is 0 Å². The molecule has 94 valence electrons. The maximum Gasteiger partial charge on any atom is 0.358 e. The Balaban J connectivity index is 3.00. The molecule has 0 saturated heterocycles. The van der Waals surface area contributed by atoms with Gasteiger partial charge >= 0.3 is 7.60 Å². The molecule has 2 atom stereocenters. The zero-order valence-electron chi connectivity index (χ0n) is 10.0. The van der Waals surface area contributed by atoms with Gasteiger partial charge in [0, 0.05) is 18.7 Å². The Labute approximate surface area is 96.4 Å². The standard InChI is InChI=1S/C10H20NO4P/c1-4-14-16(13,15-5-2)10(3)9(8-12)6-7-11-10/h7,9,12H,4-6,8H2,1-3H3. The van der Waals surface area contributed by atoms with Gasteiger partial charge in [0.2, 0.25) is 0 Å². The van der Waals surface area contributed by atoms with Gasteiger partial charge < -0.3 is 14.2 Å². The van der Waals surface area contributed by atoms with E-state index in [1.54, 1.807) is 27.0 Å². The topological polar surface area (TPSA) is 68.1 Å². The Kier molecular flexibility index (Phi) is 4.68. The minimum atomic E-state index is -3.31. The van der Waals surface area contributed by atoms with Crippen molar-refractivity contribution in [2.24, 2.45) is 10.9 Å². The first-order chi connectivity index (χ1) is 7.54. The van der Waals surface area contributed by atoms with Crippen molar-refractivity contribution in [3.63, 3.8) is 0 Å². The Morgan fingerprint density at radius 3 is 2.50 bits per heavy atom. The summed E-state index contributed by atoms with van der Waals surface area (Å²) < 4.78 is 23.2. The van der Waals surface area contributed by atoms with E-state index in [2.05, 4.69) is 4.99 Å². The number of rotatable bonds is 6. The summed E-state index contributed by atoms with van der Waals surface area (Å²) in [6.07, 6.45) is 2.29. The molecule has 1 rings (SSSR count). The largest absolute Gasteiger partial charge is 0.396 e. The molecule has 1 N–H and O–H groups in total. The smallest absolute Gasteiger partial charge is 0.358 e. The Morgan fingerprint density at radius 2 is 2.06 bits per heavy atom. The van der Waals surface area contributed by atoms with E-state index in [0.29, 0.717) is 19.6 Å². The number of hydrogen-bond donors (Lipinski definition) is 1. The van der Waals surface area contributed by atoms with Gasteiger partial charge in [-0.15, -0.1) is 0 Å². The fourth-order valence-corrected chi connectivity index (χ4v) is 4.01. The van der Waals surface area contributed by atoms with Gasteiger partial charge in [0.15, 0.2) is 5.28 Å². The van der Waals surface area contributed by atoms with Crippen molar-refractivity contribution in [3.8, 4) is 0 Å². The number of hydrogen-bond acceptors (Lipinski definition) is 5. The van der Waals surface area contributed by atoms with Crippen molar-refractivity contribution < 1.29 is 18.7 Å². The average Bonchev–Trinajstić information content (AvgIpc) is 2.62. The molecule has 0 aromatic heterocycles. The van der Waals surface area contributed by atoms with Gasteiger partial charge in [-0.05, 0) is 27.2 Å². The minimum Gasteiger partial charge on any atom is -0.396 e. The maximum absolute atomic E-state index is 12.6. The van der Waals surface area contributed by atoms with E-state index in [4.69, 9.17) is 9.05 Å². The zero-order chi connectivity index (χ0) is 12.2. The predicted octanol–water partition coefficient (Wildman–Crippen LogP) is 2.05. The molecule has 1 heterocycles. The highest BCUT2D eigenvalue weighted by molar-refractivity contribution is 7.55. The molecule has 0 saturated carbocycles. The third-order valence-corrected chi connectivity index (χ3v) is 5.67. The second-order valence-corrected chi connectivity index (χ2v) is 6.27. The normalized spacial score (nSPS) is 29.9. The fraction of sp³-hybridized carbons (Fsp3) is 0.900. The number of aliphatic hydroxyl groups excluding tert-OH is 1. The zero-order valence-corrected chi connectivity index (χ0v) is 10.9. The monoisotopic (exact) mass is 249 g/mol. The Morgan fingerprint density at radius 1 is 1.50 bits per heavy atom. The van der Waals surface area contributed by atoms with Crippen LogP contribution in [0.1, 0.15) is 27.2 Å². The first kappa shape index (κ1) is 13.8. The Bertz CT molecular complexity index is 297. The van der Waals surface area contributed by atoms with Crippen LogP contribution in [0.25, 0.3) is 0 Å². The Hall–Kier alpha value is -0.220. The van der Waals surface area contributed by atoms with Crippen molar-refractivity contribution in [1.82, 2.24) is 0 Å². The third-order valence-electron chi connectivity index (χ3n) is 2.89. The highest BCUT2D eigenvalue weighted by Crippen LogP contribution is 2.65. The summed E-state index contributed by atoms with van der Waals surface area (Å²) in [5.74, 6) is -0.198. The molecule has 16 heavy (non-hydrogen) atoms. The predicted molar refractivity (Wildman–Crippen MR) is 62.9 cm³/mol. The highest BCUT2D eigenvalue weighted by Gasteiger charge is 2.53. The van der Waals surface area contributed by atoms with Gasteiger partial charge in [-0.25, -0.2) is 0 Å². The second kappa shape index (κ2) is 5.41. The van der Waals surface area contributed by atoms with Gasteiger partial charge in [0.25, 0.3) is 0 Å². The third kappa shape index (κ3) is 2.23. The van der Waals surface area contributed by atoms with Crippen LogP contribution in [-0.2, 0) is 13.6 Å². The van der Waals surface area contributed by atoms with E-state index in [9.17, 15) is 9.67 Å². The molecule has 0 bridgehead atoms. The van der Waals surface area contributed by atoms with E-state index in [0.717, 1.165) is 0 Å². The van der Waals surface area contributed by atoms with Crippen LogP contribution in [-0.4, -0.2) is 36.4 Å². The molecule has 1 aliphatic heterocycles. The van der Waals surface area contributed by atoms with Gasteiger partial charge in [-0.3, -0.25) is 9.56 Å². The summed E-state index contributed by atoms with van der Waals surface area (Å²) in [4.78, 5) is 4.23. The van der Waals surface area contributed by atoms with Crippen molar-refractivity contribution in [3.05, 3.63) is 0 Å². The van der Waals surface area contributed by atoms with Crippen LogP contribution in [0.15, 0.2) is 4.99 Å². The van der Waals surface area contributed by atoms with Gasteiger partial charge in [-0.2, -0.15) is 0 Å². The number of aliphatic imine (C=N–C) groups is 1. The van der Waals surface area contributed by atoms with E-state index in [-0.39, 0.29) is 12.5 Å². The summed E-state index contributed by atoms with van der Waals surface area (Å²) in [6, 6.07) is 0. The van der Waals surface area contributed by atoms with E-state index < -0.39 is 12.9 Å².